The van der Waals surface area contributed by atoms with Gasteiger partial charge in [0, 0.05) is 24.4 Å². The quantitative estimate of drug-likeness (QED) is 0.767. The first-order chi connectivity index (χ1) is 9.05. The van der Waals surface area contributed by atoms with Gasteiger partial charge in [0.05, 0.1) is 11.9 Å². The van der Waals surface area contributed by atoms with Gasteiger partial charge >= 0.3 is 6.18 Å². The lowest BCUT2D eigenvalue weighted by Crippen LogP contribution is -2.15. The van der Waals surface area contributed by atoms with E-state index in [1.807, 2.05) is 6.20 Å². The van der Waals surface area contributed by atoms with Crippen molar-refractivity contribution in [3.8, 4) is 0 Å². The fraction of sp³-hybridized carbons (Fsp3) is 0.357. The normalized spacial score (nSPS) is 19.2. The second kappa shape index (κ2) is 4.40. The van der Waals surface area contributed by atoms with Gasteiger partial charge in [-0.2, -0.15) is 13.2 Å². The minimum absolute atomic E-state index is 0.151. The molecule has 1 aromatic heterocycles. The summed E-state index contributed by atoms with van der Waals surface area (Å²) in [6.07, 6.45) is 1.30. The molecule has 3 rings (SSSR count). The summed E-state index contributed by atoms with van der Waals surface area (Å²) in [7, 11) is 0. The van der Waals surface area contributed by atoms with E-state index in [9.17, 15) is 13.2 Å². The number of imidazole rings is 1. The van der Waals surface area contributed by atoms with E-state index in [4.69, 9.17) is 0 Å². The maximum atomic E-state index is 12.5. The summed E-state index contributed by atoms with van der Waals surface area (Å²) in [5, 5.41) is 0. The van der Waals surface area contributed by atoms with Crippen LogP contribution in [0.3, 0.4) is 0 Å². The monoisotopic (exact) mass is 266 g/mol. The van der Waals surface area contributed by atoms with Crippen molar-refractivity contribution in [2.75, 3.05) is 0 Å². The van der Waals surface area contributed by atoms with Crippen molar-refractivity contribution >= 4 is 0 Å². The highest BCUT2D eigenvalue weighted by molar-refractivity contribution is 5.32. The van der Waals surface area contributed by atoms with Crippen molar-refractivity contribution in [3.63, 3.8) is 0 Å². The Kier molecular flexibility index (Phi) is 2.84. The molecule has 100 valence electrons. The first-order valence-corrected chi connectivity index (χ1v) is 6.23. The van der Waals surface area contributed by atoms with Crippen LogP contribution in [0.2, 0.25) is 0 Å². The van der Waals surface area contributed by atoms with Crippen molar-refractivity contribution in [2.45, 2.75) is 31.5 Å². The molecule has 0 saturated carbocycles. The molecule has 0 amide bonds. The lowest BCUT2D eigenvalue weighted by atomic mass is 9.88. The minimum Gasteiger partial charge on any atom is -0.334 e. The number of hydrogen-bond donors (Lipinski definition) is 0. The topological polar surface area (TPSA) is 17.8 Å². The Bertz CT molecular complexity index is 569. The molecule has 1 unspecified atom stereocenters. The van der Waals surface area contributed by atoms with Crippen LogP contribution in [0.4, 0.5) is 13.2 Å². The maximum Gasteiger partial charge on any atom is 0.416 e. The van der Waals surface area contributed by atoms with Gasteiger partial charge < -0.3 is 4.57 Å². The van der Waals surface area contributed by atoms with Gasteiger partial charge in [0.15, 0.2) is 0 Å². The number of nitrogens with zero attached hydrogens (tertiary/aromatic N) is 2. The van der Waals surface area contributed by atoms with Crippen LogP contribution in [0.5, 0.6) is 0 Å². The van der Waals surface area contributed by atoms with Gasteiger partial charge in [-0.25, -0.2) is 4.98 Å². The van der Waals surface area contributed by atoms with Crippen LogP contribution in [0.25, 0.3) is 0 Å². The number of alkyl halides is 3. The van der Waals surface area contributed by atoms with E-state index in [1.165, 1.54) is 0 Å². The van der Waals surface area contributed by atoms with Gasteiger partial charge in [-0.15, -0.1) is 0 Å². The third-order valence-corrected chi connectivity index (χ3v) is 3.63. The zero-order valence-electron chi connectivity index (χ0n) is 10.2. The molecule has 19 heavy (non-hydrogen) atoms. The smallest absolute Gasteiger partial charge is 0.334 e. The van der Waals surface area contributed by atoms with Gasteiger partial charge in [-0.1, -0.05) is 12.1 Å². The number of rotatable bonds is 1. The average Bonchev–Trinajstić information content (AvgIpc) is 2.86. The number of aryl methyl sites for hydroxylation is 1. The van der Waals surface area contributed by atoms with E-state index in [1.54, 1.807) is 18.5 Å². The van der Waals surface area contributed by atoms with E-state index in [0.29, 0.717) is 0 Å². The van der Waals surface area contributed by atoms with E-state index in [0.717, 1.165) is 42.8 Å². The lowest BCUT2D eigenvalue weighted by molar-refractivity contribution is -0.137. The summed E-state index contributed by atoms with van der Waals surface area (Å²) in [6, 6.07) is 5.47. The van der Waals surface area contributed by atoms with Crippen LogP contribution in [0.1, 0.15) is 35.6 Å². The molecule has 1 atom stereocenters. The van der Waals surface area contributed by atoms with Crippen molar-refractivity contribution in [3.05, 3.63) is 53.6 Å². The van der Waals surface area contributed by atoms with Crippen LogP contribution in [-0.2, 0) is 12.7 Å². The van der Waals surface area contributed by atoms with E-state index in [2.05, 4.69) is 9.55 Å². The summed E-state index contributed by atoms with van der Waals surface area (Å²) in [4.78, 5) is 4.12. The van der Waals surface area contributed by atoms with Crippen molar-refractivity contribution < 1.29 is 13.2 Å². The summed E-state index contributed by atoms with van der Waals surface area (Å²) in [5.41, 5.74) is 1.42. The molecule has 1 aliphatic rings. The molecule has 0 spiro atoms. The number of fused-ring (bicyclic) bond motifs is 1. The molecule has 0 aliphatic carbocycles. The van der Waals surface area contributed by atoms with Crippen LogP contribution < -0.4 is 0 Å². The van der Waals surface area contributed by atoms with Crippen molar-refractivity contribution in [1.82, 2.24) is 9.55 Å². The third kappa shape index (κ3) is 2.25. The van der Waals surface area contributed by atoms with Crippen LogP contribution >= 0.6 is 0 Å². The van der Waals surface area contributed by atoms with E-state index < -0.39 is 11.7 Å². The predicted octanol–water partition coefficient (Wildman–Crippen LogP) is 3.83. The molecule has 2 nitrogen and oxygen atoms in total. The largest absolute Gasteiger partial charge is 0.416 e. The molecular weight excluding hydrogens is 253 g/mol. The maximum absolute atomic E-state index is 12.5. The summed E-state index contributed by atoms with van der Waals surface area (Å²) in [6.45, 7) is 0.937. The fourth-order valence-electron chi connectivity index (χ4n) is 2.66. The highest BCUT2D eigenvalue weighted by Crippen LogP contribution is 2.35. The van der Waals surface area contributed by atoms with E-state index in [-0.39, 0.29) is 5.92 Å². The van der Waals surface area contributed by atoms with Gasteiger partial charge in [0.1, 0.15) is 0 Å². The lowest BCUT2D eigenvalue weighted by Gasteiger charge is -2.24. The zero-order valence-corrected chi connectivity index (χ0v) is 10.2. The zero-order chi connectivity index (χ0) is 13.5. The SMILES string of the molecule is FC(F)(F)c1ccc(C2CCCn3cncc32)cc1. The van der Waals surface area contributed by atoms with Gasteiger partial charge in [0.2, 0.25) is 0 Å². The standard InChI is InChI=1S/C14H13F3N2/c15-14(16,17)11-5-3-10(4-6-11)12-2-1-7-19-9-18-8-13(12)19/h3-6,8-9,12H,1-2,7H2. The molecule has 0 bridgehead atoms. The Labute approximate surface area is 108 Å². The van der Waals surface area contributed by atoms with Crippen LogP contribution in [0, 0.1) is 0 Å². The molecule has 0 saturated heterocycles. The molecule has 0 N–H and O–H groups in total. The molecule has 2 heterocycles. The van der Waals surface area contributed by atoms with E-state index >= 15 is 0 Å². The summed E-state index contributed by atoms with van der Waals surface area (Å²) >= 11 is 0. The van der Waals surface area contributed by atoms with Crippen molar-refractivity contribution in [2.24, 2.45) is 0 Å². The highest BCUT2D eigenvalue weighted by Gasteiger charge is 2.30. The Hall–Kier alpha value is -1.78. The molecule has 5 heteroatoms. The van der Waals surface area contributed by atoms with Gasteiger partial charge in [0.25, 0.3) is 0 Å². The molecule has 1 aromatic carbocycles. The Morgan fingerprint density at radius 1 is 1.16 bits per heavy atom. The highest BCUT2D eigenvalue weighted by atomic mass is 19.4. The molecule has 0 fully saturated rings. The van der Waals surface area contributed by atoms with Gasteiger partial charge in [-0.3, -0.25) is 0 Å². The van der Waals surface area contributed by atoms with Crippen molar-refractivity contribution in [1.29, 1.82) is 0 Å². The summed E-state index contributed by atoms with van der Waals surface area (Å²) < 4.78 is 39.7. The van der Waals surface area contributed by atoms with Crippen LogP contribution in [-0.4, -0.2) is 9.55 Å². The Balaban J connectivity index is 1.93. The van der Waals surface area contributed by atoms with Crippen LogP contribution in [0.15, 0.2) is 36.8 Å². The molecule has 0 radical (unpaired) electrons. The number of hydrogen-bond acceptors (Lipinski definition) is 1. The molecule has 1 aliphatic heterocycles. The Morgan fingerprint density at radius 2 is 1.89 bits per heavy atom. The first-order valence-electron chi connectivity index (χ1n) is 6.23. The number of aromatic nitrogens is 2. The summed E-state index contributed by atoms with van der Waals surface area (Å²) in [5.74, 6) is 0.151. The second-order valence-corrected chi connectivity index (χ2v) is 4.83. The number of halogens is 3. The minimum atomic E-state index is -4.27. The molecule has 2 aromatic rings. The third-order valence-electron chi connectivity index (χ3n) is 3.63. The predicted molar refractivity (Wildman–Crippen MR) is 64.7 cm³/mol. The first kappa shape index (κ1) is 12.3. The number of benzene rings is 1. The molecular formula is C14H13F3N2. The average molecular weight is 266 g/mol. The van der Waals surface area contributed by atoms with Gasteiger partial charge in [-0.05, 0) is 30.5 Å². The fourth-order valence-corrected chi connectivity index (χ4v) is 2.66. The Morgan fingerprint density at radius 3 is 2.58 bits per heavy atom. The second-order valence-electron chi connectivity index (χ2n) is 4.83.